The van der Waals surface area contributed by atoms with Gasteiger partial charge in [-0.15, -0.1) is 0 Å². The van der Waals surface area contributed by atoms with Crippen molar-refractivity contribution in [3.05, 3.63) is 75.1 Å². The van der Waals surface area contributed by atoms with Crippen molar-refractivity contribution >= 4 is 22.6 Å². The van der Waals surface area contributed by atoms with Crippen molar-refractivity contribution in [2.75, 3.05) is 5.73 Å². The number of nitrogen functional groups attached to an aromatic ring is 1. The highest BCUT2D eigenvalue weighted by atomic mass is 16.1. The smallest absolute Gasteiger partial charge is 0.290 e. The molecule has 0 spiro atoms. The molecular weight excluding hydrogens is 404 g/mol. The molecule has 0 aliphatic heterocycles. The van der Waals surface area contributed by atoms with Crippen LogP contribution in [0.3, 0.4) is 0 Å². The molecule has 8 nitrogen and oxygen atoms in total. The van der Waals surface area contributed by atoms with Crippen molar-refractivity contribution in [1.82, 2.24) is 25.3 Å². The number of aryl methyl sites for hydroxylation is 2. The summed E-state index contributed by atoms with van der Waals surface area (Å²) in [4.78, 5) is 25.0. The lowest BCUT2D eigenvalue weighted by molar-refractivity contribution is 0.0950. The third-order valence-corrected chi connectivity index (χ3v) is 5.47. The van der Waals surface area contributed by atoms with Gasteiger partial charge in [0, 0.05) is 23.7 Å². The summed E-state index contributed by atoms with van der Waals surface area (Å²) >= 11 is 0. The lowest BCUT2D eigenvalue weighted by Gasteiger charge is -2.09. The number of nitrogens with two attached hydrogens (primary N) is 1. The van der Waals surface area contributed by atoms with Crippen LogP contribution in [-0.4, -0.2) is 25.9 Å². The molecule has 164 valence electrons. The molecule has 4 rings (SSSR count). The predicted octanol–water partition coefficient (Wildman–Crippen LogP) is 3.50. The number of fused-ring (bicyclic) bond motifs is 1. The Morgan fingerprint density at radius 3 is 2.56 bits per heavy atom. The Labute approximate surface area is 185 Å². The molecule has 4 N–H and O–H groups in total. The van der Waals surface area contributed by atoms with Crippen LogP contribution in [0.1, 0.15) is 46.9 Å². The van der Waals surface area contributed by atoms with Crippen LogP contribution in [0.25, 0.3) is 22.2 Å². The van der Waals surface area contributed by atoms with E-state index in [-0.39, 0.29) is 23.3 Å². The van der Waals surface area contributed by atoms with Gasteiger partial charge in [0.05, 0.1) is 5.39 Å². The molecule has 2 aromatic heterocycles. The summed E-state index contributed by atoms with van der Waals surface area (Å²) in [6, 6.07) is 13.5. The molecular formula is C24H26N6O2. The zero-order valence-corrected chi connectivity index (χ0v) is 18.6. The average molecular weight is 431 g/mol. The molecule has 0 bridgehead atoms. The fraction of sp³-hybridized carbons (Fsp3) is 0.250. The van der Waals surface area contributed by atoms with Crippen LogP contribution < -0.4 is 16.6 Å². The first-order valence-electron chi connectivity index (χ1n) is 10.5. The van der Waals surface area contributed by atoms with E-state index in [1.165, 1.54) is 0 Å². The van der Waals surface area contributed by atoms with Crippen molar-refractivity contribution in [3.63, 3.8) is 0 Å². The van der Waals surface area contributed by atoms with E-state index in [2.05, 4.69) is 20.6 Å². The molecule has 2 heterocycles. The number of benzene rings is 2. The summed E-state index contributed by atoms with van der Waals surface area (Å²) in [5.41, 5.74) is 11.2. The summed E-state index contributed by atoms with van der Waals surface area (Å²) in [5, 5.41) is 14.5. The van der Waals surface area contributed by atoms with E-state index in [0.29, 0.717) is 28.7 Å². The lowest BCUT2D eigenvalue weighted by Crippen LogP contribution is -2.23. The van der Waals surface area contributed by atoms with Gasteiger partial charge in [-0.2, -0.15) is 10.2 Å². The minimum absolute atomic E-state index is 0.0197. The first kappa shape index (κ1) is 21.3. The van der Waals surface area contributed by atoms with Crippen LogP contribution in [0.5, 0.6) is 0 Å². The molecule has 8 heteroatoms. The number of amides is 1. The minimum Gasteiger partial charge on any atom is -0.382 e. The van der Waals surface area contributed by atoms with Gasteiger partial charge in [0.15, 0.2) is 5.82 Å². The van der Waals surface area contributed by atoms with Crippen molar-refractivity contribution in [3.8, 4) is 11.3 Å². The van der Waals surface area contributed by atoms with E-state index in [0.717, 1.165) is 22.3 Å². The Morgan fingerprint density at radius 1 is 1.16 bits per heavy atom. The maximum absolute atomic E-state index is 12.6. The van der Waals surface area contributed by atoms with Crippen molar-refractivity contribution in [1.29, 1.82) is 0 Å². The van der Waals surface area contributed by atoms with E-state index in [4.69, 9.17) is 5.73 Å². The molecule has 0 aliphatic carbocycles. The van der Waals surface area contributed by atoms with Gasteiger partial charge in [0.2, 0.25) is 0 Å². The van der Waals surface area contributed by atoms with Gasteiger partial charge in [-0.1, -0.05) is 42.0 Å². The van der Waals surface area contributed by atoms with Gasteiger partial charge in [0.1, 0.15) is 11.2 Å². The average Bonchev–Trinajstić information content (AvgIpc) is 3.19. The van der Waals surface area contributed by atoms with Crippen LogP contribution in [0.4, 0.5) is 5.82 Å². The molecule has 0 aliphatic rings. The van der Waals surface area contributed by atoms with E-state index in [9.17, 15) is 9.59 Å². The van der Waals surface area contributed by atoms with Crippen LogP contribution >= 0.6 is 0 Å². The highest BCUT2D eigenvalue weighted by Crippen LogP contribution is 2.30. The maximum atomic E-state index is 12.6. The van der Waals surface area contributed by atoms with Crippen LogP contribution in [0.15, 0.2) is 47.3 Å². The molecule has 0 fully saturated rings. The van der Waals surface area contributed by atoms with Gasteiger partial charge in [-0.3, -0.25) is 14.3 Å². The number of nitrogens with one attached hydrogen (secondary N) is 2. The second-order valence-electron chi connectivity index (χ2n) is 8.25. The monoisotopic (exact) mass is 430 g/mol. The zero-order valence-electron chi connectivity index (χ0n) is 18.6. The lowest BCUT2D eigenvalue weighted by atomic mass is 10.0. The number of aromatic amines is 1. The third-order valence-electron chi connectivity index (χ3n) is 5.47. The van der Waals surface area contributed by atoms with Crippen LogP contribution in [0, 0.1) is 13.8 Å². The van der Waals surface area contributed by atoms with Crippen molar-refractivity contribution in [2.45, 2.75) is 40.3 Å². The van der Waals surface area contributed by atoms with E-state index in [1.54, 1.807) is 4.68 Å². The molecule has 1 amide bonds. The summed E-state index contributed by atoms with van der Waals surface area (Å²) < 4.78 is 1.67. The predicted molar refractivity (Wildman–Crippen MR) is 125 cm³/mol. The first-order valence-corrected chi connectivity index (χ1v) is 10.5. The van der Waals surface area contributed by atoms with Gasteiger partial charge in [0.25, 0.3) is 11.5 Å². The molecule has 0 unspecified atom stereocenters. The number of H-pyrrole nitrogens is 1. The summed E-state index contributed by atoms with van der Waals surface area (Å²) in [7, 11) is 0. The third kappa shape index (κ3) is 3.87. The van der Waals surface area contributed by atoms with E-state index < -0.39 is 0 Å². The molecule has 0 atom stereocenters. The minimum atomic E-state index is -0.326. The number of rotatable bonds is 5. The summed E-state index contributed by atoms with van der Waals surface area (Å²) in [6.45, 7) is 8.20. The Hall–Kier alpha value is -3.94. The first-order chi connectivity index (χ1) is 15.3. The highest BCUT2D eigenvalue weighted by Gasteiger charge is 2.20. The fourth-order valence-corrected chi connectivity index (χ4v) is 3.73. The highest BCUT2D eigenvalue weighted by molar-refractivity contribution is 5.99. The largest absolute Gasteiger partial charge is 0.382 e. The van der Waals surface area contributed by atoms with Crippen LogP contribution in [-0.2, 0) is 6.54 Å². The van der Waals surface area contributed by atoms with Gasteiger partial charge in [-0.05, 0) is 44.9 Å². The maximum Gasteiger partial charge on any atom is 0.290 e. The van der Waals surface area contributed by atoms with E-state index in [1.807, 2.05) is 70.2 Å². The molecule has 32 heavy (non-hydrogen) atoms. The summed E-state index contributed by atoms with van der Waals surface area (Å²) in [6.07, 6.45) is 0. The number of carbonyl (C=O) groups excluding carboxylic acids is 1. The fourth-order valence-electron chi connectivity index (χ4n) is 3.73. The number of aromatic nitrogens is 4. The Kier molecular flexibility index (Phi) is 5.52. The molecule has 2 aromatic carbocycles. The second-order valence-corrected chi connectivity index (χ2v) is 8.25. The Bertz CT molecular complexity index is 1370. The standard InChI is InChI=1S/C24H26N6O2/c1-13(2)30-21-19(22(25)27-28-24(21)32)20(29-30)17-9-7-16(8-10-17)12-26-23(31)18-11-14(3)5-6-15(18)4/h5-11,13H,12H2,1-4H3,(H2,25,27)(H,26,31)(H,28,32). The molecule has 0 saturated heterocycles. The molecule has 0 saturated carbocycles. The number of hydrogen-bond acceptors (Lipinski definition) is 5. The normalized spacial score (nSPS) is 11.3. The summed E-state index contributed by atoms with van der Waals surface area (Å²) in [5.74, 6) is 0.126. The number of hydrogen-bond donors (Lipinski definition) is 3. The number of carbonyl (C=O) groups is 1. The Balaban J connectivity index is 1.60. The quantitative estimate of drug-likeness (QED) is 0.448. The SMILES string of the molecule is Cc1ccc(C)c(C(=O)NCc2ccc(-c3nn(C(C)C)c4c(=O)[nH]nc(N)c34)cc2)c1. The van der Waals surface area contributed by atoms with Gasteiger partial charge >= 0.3 is 0 Å². The zero-order chi connectivity index (χ0) is 23.0. The van der Waals surface area contributed by atoms with Crippen molar-refractivity contribution in [2.24, 2.45) is 0 Å². The molecule has 0 radical (unpaired) electrons. The second kappa shape index (κ2) is 8.30. The van der Waals surface area contributed by atoms with Gasteiger partial charge in [-0.25, -0.2) is 5.10 Å². The number of nitrogens with zero attached hydrogens (tertiary/aromatic N) is 3. The van der Waals surface area contributed by atoms with Gasteiger partial charge < -0.3 is 11.1 Å². The molecule has 4 aromatic rings. The topological polar surface area (TPSA) is 119 Å². The Morgan fingerprint density at radius 2 is 1.88 bits per heavy atom. The van der Waals surface area contributed by atoms with E-state index >= 15 is 0 Å². The van der Waals surface area contributed by atoms with Crippen LogP contribution in [0.2, 0.25) is 0 Å². The number of anilines is 1. The van der Waals surface area contributed by atoms with Crippen molar-refractivity contribution < 1.29 is 4.79 Å².